The van der Waals surface area contributed by atoms with Crippen LogP contribution in [0, 0.1) is 13.8 Å². The lowest BCUT2D eigenvalue weighted by Gasteiger charge is -2.43. The molecule has 3 aliphatic heterocycles. The molecule has 0 saturated carbocycles. The van der Waals surface area contributed by atoms with E-state index in [0.717, 1.165) is 29.8 Å². The molecule has 3 aliphatic rings. The van der Waals surface area contributed by atoms with Crippen molar-refractivity contribution in [3.63, 3.8) is 0 Å². The van der Waals surface area contributed by atoms with Gasteiger partial charge in [0.05, 0.1) is 6.04 Å². The van der Waals surface area contributed by atoms with Gasteiger partial charge in [0.2, 0.25) is 0 Å². The fraction of sp³-hybridized carbons (Fsp3) is 0.536. The first-order valence-electron chi connectivity index (χ1n) is 12.5. The predicted octanol–water partition coefficient (Wildman–Crippen LogP) is 4.87. The van der Waals surface area contributed by atoms with Crippen LogP contribution in [0.25, 0.3) is 0 Å². The number of hydrogen-bond acceptors (Lipinski definition) is 3. The molecule has 1 unspecified atom stereocenters. The zero-order chi connectivity index (χ0) is 22.1. The maximum absolute atomic E-state index is 13.6. The first-order valence-corrected chi connectivity index (χ1v) is 12.5. The number of benzene rings is 2. The lowest BCUT2D eigenvalue weighted by atomic mass is 9.78. The normalized spacial score (nSPS) is 26.5. The van der Waals surface area contributed by atoms with Gasteiger partial charge in [0.1, 0.15) is 0 Å². The van der Waals surface area contributed by atoms with Crippen LogP contribution in [0.2, 0.25) is 0 Å². The van der Waals surface area contributed by atoms with Crippen molar-refractivity contribution < 1.29 is 4.79 Å². The zero-order valence-electron chi connectivity index (χ0n) is 19.6. The van der Waals surface area contributed by atoms with Gasteiger partial charge in [-0.1, -0.05) is 48.5 Å². The van der Waals surface area contributed by atoms with Crippen molar-refractivity contribution in [1.29, 1.82) is 0 Å². The number of carbonyl (C=O) groups is 1. The molecule has 2 aromatic rings. The van der Waals surface area contributed by atoms with Crippen molar-refractivity contribution in [2.75, 3.05) is 26.2 Å². The molecular weight excluding hydrogens is 394 g/mol. The van der Waals surface area contributed by atoms with Crippen LogP contribution in [-0.2, 0) is 0 Å². The Hall–Kier alpha value is -2.17. The molecule has 4 heteroatoms. The molecule has 3 fully saturated rings. The van der Waals surface area contributed by atoms with Crippen LogP contribution in [-0.4, -0.2) is 53.5 Å². The van der Waals surface area contributed by atoms with Gasteiger partial charge in [-0.3, -0.25) is 9.69 Å². The SMILES string of the molecule is Cc1cccc(C)c1C(=O)NC(c1ccccc1)C12CCC(CC1)N2CCN1CCCC1. The average molecular weight is 432 g/mol. The van der Waals surface area contributed by atoms with E-state index in [1.807, 2.05) is 32.0 Å². The summed E-state index contributed by atoms with van der Waals surface area (Å²) in [6.07, 6.45) is 7.53. The molecule has 32 heavy (non-hydrogen) atoms. The predicted molar refractivity (Wildman–Crippen MR) is 130 cm³/mol. The molecule has 2 bridgehead atoms. The van der Waals surface area contributed by atoms with Crippen molar-refractivity contribution in [2.24, 2.45) is 0 Å². The third kappa shape index (κ3) is 3.88. The minimum atomic E-state index is 0.0151. The Kier molecular flexibility index (Phi) is 6.09. The monoisotopic (exact) mass is 431 g/mol. The molecule has 170 valence electrons. The fourth-order valence-electron chi connectivity index (χ4n) is 6.73. The molecule has 0 spiro atoms. The number of carbonyl (C=O) groups excluding carboxylic acids is 1. The first-order chi connectivity index (χ1) is 15.6. The highest BCUT2D eigenvalue weighted by molar-refractivity contribution is 5.97. The number of fused-ring (bicyclic) bond motifs is 2. The lowest BCUT2D eigenvalue weighted by molar-refractivity contribution is 0.0749. The van der Waals surface area contributed by atoms with Crippen LogP contribution >= 0.6 is 0 Å². The largest absolute Gasteiger partial charge is 0.343 e. The van der Waals surface area contributed by atoms with Crippen LogP contribution in [0.4, 0.5) is 0 Å². The third-order valence-electron chi connectivity index (χ3n) is 8.34. The van der Waals surface area contributed by atoms with Gasteiger partial charge in [-0.15, -0.1) is 0 Å². The number of nitrogens with one attached hydrogen (secondary N) is 1. The van der Waals surface area contributed by atoms with Gasteiger partial charge >= 0.3 is 0 Å². The number of nitrogens with zero attached hydrogens (tertiary/aromatic N) is 2. The van der Waals surface area contributed by atoms with Gasteiger partial charge in [-0.25, -0.2) is 0 Å². The smallest absolute Gasteiger partial charge is 0.252 e. The van der Waals surface area contributed by atoms with E-state index in [-0.39, 0.29) is 17.5 Å². The minimum Gasteiger partial charge on any atom is -0.343 e. The molecule has 1 atom stereocenters. The maximum atomic E-state index is 13.6. The molecule has 2 aromatic carbocycles. The van der Waals surface area contributed by atoms with E-state index >= 15 is 0 Å². The highest BCUT2D eigenvalue weighted by Gasteiger charge is 2.56. The van der Waals surface area contributed by atoms with E-state index in [9.17, 15) is 4.79 Å². The lowest BCUT2D eigenvalue weighted by Crippen LogP contribution is -2.53. The summed E-state index contributed by atoms with van der Waals surface area (Å²) >= 11 is 0. The molecule has 0 aliphatic carbocycles. The van der Waals surface area contributed by atoms with Gasteiger partial charge in [-0.2, -0.15) is 0 Å². The zero-order valence-corrected chi connectivity index (χ0v) is 19.6. The number of rotatable bonds is 7. The minimum absolute atomic E-state index is 0.0151. The Bertz CT molecular complexity index is 922. The molecule has 5 rings (SSSR count). The quantitative estimate of drug-likeness (QED) is 0.680. The summed E-state index contributed by atoms with van der Waals surface area (Å²) in [5, 5.41) is 3.56. The van der Waals surface area contributed by atoms with E-state index in [4.69, 9.17) is 0 Å². The van der Waals surface area contributed by atoms with Crippen molar-refractivity contribution >= 4 is 5.91 Å². The Morgan fingerprint density at radius 2 is 1.62 bits per heavy atom. The number of likely N-dealkylation sites (tertiary alicyclic amines) is 1. The standard InChI is InChI=1S/C28H37N3O/c1-21-9-8-10-22(2)25(21)27(32)29-26(23-11-4-3-5-12-23)28-15-13-24(14-16-28)31(28)20-19-30-17-6-7-18-30/h3-5,8-12,24,26H,6-7,13-20H2,1-2H3,(H,29,32). The van der Waals surface area contributed by atoms with Crippen molar-refractivity contribution in [3.05, 3.63) is 70.8 Å². The van der Waals surface area contributed by atoms with Crippen LogP contribution in [0.3, 0.4) is 0 Å². The summed E-state index contributed by atoms with van der Waals surface area (Å²) in [4.78, 5) is 19.0. The van der Waals surface area contributed by atoms with Crippen molar-refractivity contribution in [1.82, 2.24) is 15.1 Å². The molecule has 4 nitrogen and oxygen atoms in total. The highest BCUT2D eigenvalue weighted by Crippen LogP contribution is 2.52. The first kappa shape index (κ1) is 21.7. The van der Waals surface area contributed by atoms with Gasteiger partial charge in [-0.05, 0) is 82.2 Å². The van der Waals surface area contributed by atoms with E-state index in [0.29, 0.717) is 6.04 Å². The second-order valence-electron chi connectivity index (χ2n) is 10.2. The molecular formula is C28H37N3O. The van der Waals surface area contributed by atoms with Crippen LogP contribution in [0.15, 0.2) is 48.5 Å². The van der Waals surface area contributed by atoms with Gasteiger partial charge < -0.3 is 10.2 Å². The summed E-state index contributed by atoms with van der Waals surface area (Å²) in [6.45, 7) is 8.86. The van der Waals surface area contributed by atoms with Crippen LogP contribution in [0.1, 0.15) is 71.6 Å². The van der Waals surface area contributed by atoms with E-state index in [2.05, 4.69) is 45.4 Å². The van der Waals surface area contributed by atoms with E-state index in [1.165, 1.54) is 57.2 Å². The summed E-state index contributed by atoms with van der Waals surface area (Å²) in [6, 6.07) is 17.5. The van der Waals surface area contributed by atoms with Crippen molar-refractivity contribution in [3.8, 4) is 0 Å². The Morgan fingerprint density at radius 1 is 0.969 bits per heavy atom. The van der Waals surface area contributed by atoms with Crippen molar-refractivity contribution in [2.45, 2.75) is 70.0 Å². The highest BCUT2D eigenvalue weighted by atomic mass is 16.1. The molecule has 3 heterocycles. The van der Waals surface area contributed by atoms with E-state index in [1.54, 1.807) is 0 Å². The number of hydrogen-bond donors (Lipinski definition) is 1. The molecule has 0 aromatic heterocycles. The summed E-state index contributed by atoms with van der Waals surface area (Å²) in [5.74, 6) is 0.0682. The molecule has 1 amide bonds. The second-order valence-corrected chi connectivity index (χ2v) is 10.2. The Labute approximate surface area is 193 Å². The molecule has 0 radical (unpaired) electrons. The Morgan fingerprint density at radius 3 is 2.28 bits per heavy atom. The molecule has 1 N–H and O–H groups in total. The summed E-state index contributed by atoms with van der Waals surface area (Å²) in [7, 11) is 0. The topological polar surface area (TPSA) is 35.6 Å². The van der Waals surface area contributed by atoms with E-state index < -0.39 is 0 Å². The summed E-state index contributed by atoms with van der Waals surface area (Å²) < 4.78 is 0. The number of amides is 1. The summed E-state index contributed by atoms with van der Waals surface area (Å²) in [5.41, 5.74) is 4.20. The van der Waals surface area contributed by atoms with Crippen LogP contribution < -0.4 is 5.32 Å². The van der Waals surface area contributed by atoms with Gasteiger partial charge in [0.15, 0.2) is 0 Å². The molecule has 3 saturated heterocycles. The van der Waals surface area contributed by atoms with Crippen LogP contribution in [0.5, 0.6) is 0 Å². The van der Waals surface area contributed by atoms with Gasteiger partial charge in [0, 0.05) is 30.2 Å². The third-order valence-corrected chi connectivity index (χ3v) is 8.34. The maximum Gasteiger partial charge on any atom is 0.252 e. The number of aryl methyl sites for hydroxylation is 2. The second kappa shape index (κ2) is 8.99. The Balaban J connectivity index is 1.45. The van der Waals surface area contributed by atoms with Gasteiger partial charge in [0.25, 0.3) is 5.91 Å². The fourth-order valence-corrected chi connectivity index (χ4v) is 6.73. The average Bonchev–Trinajstić information content (AvgIpc) is 3.52.